The van der Waals surface area contributed by atoms with Gasteiger partial charge in [-0.1, -0.05) is 17.8 Å². The molecule has 3 aromatic heterocycles. The van der Waals surface area contributed by atoms with Gasteiger partial charge in [0.05, 0.1) is 12.2 Å². The van der Waals surface area contributed by atoms with Crippen LogP contribution in [0.25, 0.3) is 10.3 Å². The number of thiazole rings is 1. The number of nitrogens with zero attached hydrogens (tertiary/aromatic N) is 4. The fourth-order valence-electron chi connectivity index (χ4n) is 1.69. The van der Waals surface area contributed by atoms with Crippen LogP contribution >= 0.6 is 23.1 Å². The Bertz CT molecular complexity index is 766. The molecule has 96 valence electrons. The average molecular weight is 290 g/mol. The molecule has 3 rings (SSSR count). The third-order valence-electron chi connectivity index (χ3n) is 2.60. The van der Waals surface area contributed by atoms with Crippen LogP contribution in [0.15, 0.2) is 39.9 Å². The first-order chi connectivity index (χ1) is 9.28. The fourth-order valence-corrected chi connectivity index (χ4v) is 3.16. The lowest BCUT2D eigenvalue weighted by Crippen LogP contribution is -2.20. The quantitative estimate of drug-likeness (QED) is 0.691. The summed E-state index contributed by atoms with van der Waals surface area (Å²) in [5, 5.41) is 0. The van der Waals surface area contributed by atoms with Gasteiger partial charge in [0.2, 0.25) is 0 Å². The Balaban J connectivity index is 2.05. The molecule has 0 amide bonds. The number of thioether (sulfide) groups is 1. The summed E-state index contributed by atoms with van der Waals surface area (Å²) in [7, 11) is 0. The van der Waals surface area contributed by atoms with Gasteiger partial charge in [-0.3, -0.25) is 14.3 Å². The second-order valence-electron chi connectivity index (χ2n) is 3.84. The summed E-state index contributed by atoms with van der Waals surface area (Å²) in [5.41, 5.74) is 1.30. The highest BCUT2D eigenvalue weighted by Gasteiger charge is 2.10. The Labute approximate surface area is 117 Å². The van der Waals surface area contributed by atoms with Gasteiger partial charge in [-0.15, -0.1) is 11.3 Å². The number of fused-ring (bicyclic) bond motifs is 1. The van der Waals surface area contributed by atoms with Crippen LogP contribution in [0.1, 0.15) is 5.69 Å². The second-order valence-corrected chi connectivity index (χ2v) is 5.89. The van der Waals surface area contributed by atoms with Crippen molar-refractivity contribution in [1.29, 1.82) is 0 Å². The van der Waals surface area contributed by atoms with Crippen LogP contribution in [-0.4, -0.2) is 25.8 Å². The molecule has 0 atom stereocenters. The van der Waals surface area contributed by atoms with Gasteiger partial charge in [-0.05, 0) is 18.4 Å². The van der Waals surface area contributed by atoms with E-state index in [0.717, 1.165) is 10.0 Å². The highest BCUT2D eigenvalue weighted by molar-refractivity contribution is 8.00. The monoisotopic (exact) mass is 290 g/mol. The van der Waals surface area contributed by atoms with E-state index in [9.17, 15) is 4.79 Å². The van der Waals surface area contributed by atoms with Crippen molar-refractivity contribution in [2.45, 2.75) is 10.9 Å². The molecule has 7 heteroatoms. The van der Waals surface area contributed by atoms with Gasteiger partial charge in [-0.25, -0.2) is 9.97 Å². The minimum Gasteiger partial charge on any atom is -0.292 e. The minimum absolute atomic E-state index is 0.0616. The maximum Gasteiger partial charge on any atom is 0.273 e. The van der Waals surface area contributed by atoms with Crippen LogP contribution in [0.3, 0.4) is 0 Å². The van der Waals surface area contributed by atoms with Gasteiger partial charge < -0.3 is 0 Å². The van der Waals surface area contributed by atoms with Crippen molar-refractivity contribution in [2.24, 2.45) is 0 Å². The summed E-state index contributed by atoms with van der Waals surface area (Å²) < 4.78 is 3.02. The number of pyridine rings is 1. The Morgan fingerprint density at radius 1 is 1.37 bits per heavy atom. The van der Waals surface area contributed by atoms with E-state index >= 15 is 0 Å². The van der Waals surface area contributed by atoms with Crippen molar-refractivity contribution in [3.05, 3.63) is 46.8 Å². The molecule has 0 bridgehead atoms. The molecule has 0 aliphatic heterocycles. The first-order valence-electron chi connectivity index (χ1n) is 5.58. The molecule has 0 radical (unpaired) electrons. The van der Waals surface area contributed by atoms with E-state index < -0.39 is 0 Å². The first kappa shape index (κ1) is 12.3. The molecule has 3 aromatic rings. The van der Waals surface area contributed by atoms with E-state index in [4.69, 9.17) is 0 Å². The zero-order valence-corrected chi connectivity index (χ0v) is 11.7. The third kappa shape index (κ3) is 2.39. The average Bonchev–Trinajstić information content (AvgIpc) is 2.87. The summed E-state index contributed by atoms with van der Waals surface area (Å²) in [6, 6.07) is 5.64. The van der Waals surface area contributed by atoms with Crippen LogP contribution < -0.4 is 5.56 Å². The van der Waals surface area contributed by atoms with Crippen molar-refractivity contribution >= 4 is 33.4 Å². The molecule has 0 N–H and O–H groups in total. The SMILES string of the molecule is CSc1nc2ncn(Cc3ccccn3)c(=O)c2s1. The lowest BCUT2D eigenvalue weighted by atomic mass is 10.3. The molecular weight excluding hydrogens is 280 g/mol. The van der Waals surface area contributed by atoms with E-state index in [0.29, 0.717) is 16.9 Å². The van der Waals surface area contributed by atoms with Crippen LogP contribution in [0.4, 0.5) is 0 Å². The van der Waals surface area contributed by atoms with Crippen molar-refractivity contribution in [3.63, 3.8) is 0 Å². The summed E-state index contributed by atoms with van der Waals surface area (Å²) in [5.74, 6) is 0. The van der Waals surface area contributed by atoms with Gasteiger partial charge in [0.25, 0.3) is 5.56 Å². The number of hydrogen-bond acceptors (Lipinski definition) is 6. The maximum absolute atomic E-state index is 12.3. The fraction of sp³-hybridized carbons (Fsp3) is 0.167. The number of hydrogen-bond donors (Lipinski definition) is 0. The molecule has 3 heterocycles. The van der Waals surface area contributed by atoms with Crippen LogP contribution in [-0.2, 0) is 6.54 Å². The molecular formula is C12H10N4OS2. The molecule has 0 fully saturated rings. The second kappa shape index (κ2) is 5.10. The molecule has 0 aromatic carbocycles. The van der Waals surface area contributed by atoms with E-state index in [-0.39, 0.29) is 5.56 Å². The van der Waals surface area contributed by atoms with Crippen molar-refractivity contribution < 1.29 is 0 Å². The highest BCUT2D eigenvalue weighted by Crippen LogP contribution is 2.24. The normalized spacial score (nSPS) is 11.0. The summed E-state index contributed by atoms with van der Waals surface area (Å²) >= 11 is 2.90. The smallest absolute Gasteiger partial charge is 0.273 e. The zero-order chi connectivity index (χ0) is 13.2. The molecule has 19 heavy (non-hydrogen) atoms. The summed E-state index contributed by atoms with van der Waals surface area (Å²) in [6.45, 7) is 0.426. The minimum atomic E-state index is -0.0616. The molecule has 0 aliphatic carbocycles. The zero-order valence-electron chi connectivity index (χ0n) is 10.1. The third-order valence-corrected chi connectivity index (χ3v) is 4.62. The van der Waals surface area contributed by atoms with E-state index in [1.165, 1.54) is 29.4 Å². The van der Waals surface area contributed by atoms with E-state index in [1.54, 1.807) is 10.8 Å². The van der Waals surface area contributed by atoms with Gasteiger partial charge >= 0.3 is 0 Å². The Morgan fingerprint density at radius 3 is 3.00 bits per heavy atom. The first-order valence-corrected chi connectivity index (χ1v) is 7.62. The van der Waals surface area contributed by atoms with Crippen LogP contribution in [0.2, 0.25) is 0 Å². The summed E-state index contributed by atoms with van der Waals surface area (Å²) in [4.78, 5) is 25.0. The molecule has 0 saturated heterocycles. The van der Waals surface area contributed by atoms with Gasteiger partial charge in [-0.2, -0.15) is 0 Å². The van der Waals surface area contributed by atoms with Crippen molar-refractivity contribution in [1.82, 2.24) is 19.5 Å². The largest absolute Gasteiger partial charge is 0.292 e. The topological polar surface area (TPSA) is 60.7 Å². The van der Waals surface area contributed by atoms with Crippen molar-refractivity contribution in [3.8, 4) is 0 Å². The Morgan fingerprint density at radius 2 is 2.26 bits per heavy atom. The Kier molecular flexibility index (Phi) is 3.31. The number of rotatable bonds is 3. The van der Waals surface area contributed by atoms with E-state index in [1.807, 2.05) is 24.5 Å². The predicted molar refractivity (Wildman–Crippen MR) is 76.8 cm³/mol. The maximum atomic E-state index is 12.3. The molecule has 0 spiro atoms. The lowest BCUT2D eigenvalue weighted by molar-refractivity contribution is 0.730. The molecule has 0 aliphatic rings. The number of aromatic nitrogens is 4. The van der Waals surface area contributed by atoms with Crippen LogP contribution in [0.5, 0.6) is 0 Å². The molecule has 5 nitrogen and oxygen atoms in total. The van der Waals surface area contributed by atoms with Gasteiger partial charge in [0.1, 0.15) is 11.0 Å². The van der Waals surface area contributed by atoms with Gasteiger partial charge in [0.15, 0.2) is 9.99 Å². The predicted octanol–water partition coefficient (Wildman–Crippen LogP) is 2.02. The van der Waals surface area contributed by atoms with Crippen LogP contribution in [0, 0.1) is 0 Å². The summed E-state index contributed by atoms with van der Waals surface area (Å²) in [6.07, 6.45) is 5.18. The van der Waals surface area contributed by atoms with Gasteiger partial charge in [0, 0.05) is 6.20 Å². The van der Waals surface area contributed by atoms with Crippen molar-refractivity contribution in [2.75, 3.05) is 6.26 Å². The molecule has 0 unspecified atom stereocenters. The highest BCUT2D eigenvalue weighted by atomic mass is 32.2. The Hall–Kier alpha value is -1.73. The lowest BCUT2D eigenvalue weighted by Gasteiger charge is -2.03. The molecule has 0 saturated carbocycles. The van der Waals surface area contributed by atoms with E-state index in [2.05, 4.69) is 15.0 Å². The standard InChI is InChI=1S/C12H10N4OS2/c1-18-12-15-10-9(19-12)11(17)16(7-14-10)6-8-4-2-3-5-13-8/h2-5,7H,6H2,1H3.